The summed E-state index contributed by atoms with van der Waals surface area (Å²) in [5, 5.41) is 0. The molecule has 0 saturated heterocycles. The molecule has 0 aliphatic heterocycles. The van der Waals surface area contributed by atoms with Crippen molar-refractivity contribution in [1.82, 2.24) is 14.1 Å². The van der Waals surface area contributed by atoms with Crippen molar-refractivity contribution in [2.24, 2.45) is 0 Å². The van der Waals surface area contributed by atoms with Crippen LogP contribution >= 0.6 is 15.9 Å². The molecule has 3 aromatic rings. The van der Waals surface area contributed by atoms with E-state index in [4.69, 9.17) is 0 Å². The van der Waals surface area contributed by atoms with Gasteiger partial charge in [-0.25, -0.2) is 4.79 Å². The second-order valence-electron chi connectivity index (χ2n) is 4.61. The SMILES string of the molecule is CCn1c(=O)n(Cc2cncc(Br)c2)c2ccccc21. The molecule has 0 bridgehead atoms. The monoisotopic (exact) mass is 331 g/mol. The van der Waals surface area contributed by atoms with Crippen LogP contribution in [0.1, 0.15) is 12.5 Å². The van der Waals surface area contributed by atoms with Crippen molar-refractivity contribution in [2.45, 2.75) is 20.0 Å². The lowest BCUT2D eigenvalue weighted by Crippen LogP contribution is -2.24. The molecule has 0 saturated carbocycles. The molecule has 0 aliphatic carbocycles. The number of hydrogen-bond acceptors (Lipinski definition) is 2. The number of pyridine rings is 1. The summed E-state index contributed by atoms with van der Waals surface area (Å²) in [4.78, 5) is 16.7. The van der Waals surface area contributed by atoms with Gasteiger partial charge in [0.05, 0.1) is 17.6 Å². The lowest BCUT2D eigenvalue weighted by molar-refractivity contribution is 0.683. The van der Waals surface area contributed by atoms with Crippen molar-refractivity contribution in [3.05, 3.63) is 63.2 Å². The molecule has 0 amide bonds. The van der Waals surface area contributed by atoms with E-state index in [0.717, 1.165) is 21.1 Å². The minimum Gasteiger partial charge on any atom is -0.292 e. The van der Waals surface area contributed by atoms with Gasteiger partial charge < -0.3 is 0 Å². The van der Waals surface area contributed by atoms with Crippen molar-refractivity contribution in [2.75, 3.05) is 0 Å². The summed E-state index contributed by atoms with van der Waals surface area (Å²) < 4.78 is 4.51. The zero-order valence-electron chi connectivity index (χ0n) is 11.1. The van der Waals surface area contributed by atoms with Crippen LogP contribution < -0.4 is 5.69 Å². The van der Waals surface area contributed by atoms with E-state index in [1.165, 1.54) is 0 Å². The highest BCUT2D eigenvalue weighted by Gasteiger charge is 2.11. The van der Waals surface area contributed by atoms with Gasteiger partial charge in [0.2, 0.25) is 0 Å². The van der Waals surface area contributed by atoms with E-state index >= 15 is 0 Å². The van der Waals surface area contributed by atoms with Crippen molar-refractivity contribution in [1.29, 1.82) is 0 Å². The molecule has 102 valence electrons. The molecule has 0 spiro atoms. The van der Waals surface area contributed by atoms with Gasteiger partial charge in [0.25, 0.3) is 0 Å². The van der Waals surface area contributed by atoms with Crippen LogP contribution in [0, 0.1) is 0 Å². The number of aryl methyl sites for hydroxylation is 1. The Kier molecular flexibility index (Phi) is 3.44. The van der Waals surface area contributed by atoms with Gasteiger partial charge in [-0.05, 0) is 46.6 Å². The fourth-order valence-electron chi connectivity index (χ4n) is 2.46. The maximum Gasteiger partial charge on any atom is 0.329 e. The number of para-hydroxylation sites is 2. The van der Waals surface area contributed by atoms with Gasteiger partial charge in [0, 0.05) is 23.4 Å². The fourth-order valence-corrected chi connectivity index (χ4v) is 2.87. The smallest absolute Gasteiger partial charge is 0.292 e. The Balaban J connectivity index is 2.16. The topological polar surface area (TPSA) is 39.8 Å². The van der Waals surface area contributed by atoms with E-state index in [-0.39, 0.29) is 5.69 Å². The predicted molar refractivity (Wildman–Crippen MR) is 82.9 cm³/mol. The summed E-state index contributed by atoms with van der Waals surface area (Å²) >= 11 is 3.41. The molecule has 0 radical (unpaired) electrons. The second kappa shape index (κ2) is 5.25. The quantitative estimate of drug-likeness (QED) is 0.740. The molecule has 0 aliphatic rings. The third-order valence-corrected chi connectivity index (χ3v) is 3.78. The molecule has 5 heteroatoms. The first-order valence-electron chi connectivity index (χ1n) is 6.48. The van der Waals surface area contributed by atoms with Crippen LogP contribution in [0.2, 0.25) is 0 Å². The van der Waals surface area contributed by atoms with Gasteiger partial charge in [-0.2, -0.15) is 0 Å². The maximum absolute atomic E-state index is 12.5. The van der Waals surface area contributed by atoms with Crippen molar-refractivity contribution >= 4 is 27.0 Å². The Hall–Kier alpha value is -1.88. The average molecular weight is 332 g/mol. The van der Waals surface area contributed by atoms with Crippen molar-refractivity contribution in [3.8, 4) is 0 Å². The van der Waals surface area contributed by atoms with Gasteiger partial charge in [-0.3, -0.25) is 14.1 Å². The molecular formula is C15H14BrN3O. The summed E-state index contributed by atoms with van der Waals surface area (Å²) in [5.41, 5.74) is 2.96. The number of fused-ring (bicyclic) bond motifs is 1. The molecule has 4 nitrogen and oxygen atoms in total. The van der Waals surface area contributed by atoms with Crippen LogP contribution in [0.5, 0.6) is 0 Å². The number of halogens is 1. The second-order valence-corrected chi connectivity index (χ2v) is 5.53. The first kappa shape index (κ1) is 13.1. The molecule has 0 atom stereocenters. The highest BCUT2D eigenvalue weighted by molar-refractivity contribution is 9.10. The van der Waals surface area contributed by atoms with Gasteiger partial charge in [0.1, 0.15) is 0 Å². The Labute approximate surface area is 124 Å². The number of benzene rings is 1. The Bertz CT molecular complexity index is 819. The van der Waals surface area contributed by atoms with E-state index in [9.17, 15) is 4.79 Å². The van der Waals surface area contributed by atoms with Crippen LogP contribution in [-0.4, -0.2) is 14.1 Å². The number of nitrogens with zero attached hydrogens (tertiary/aromatic N) is 3. The van der Waals surface area contributed by atoms with Gasteiger partial charge >= 0.3 is 5.69 Å². The molecule has 3 rings (SSSR count). The van der Waals surface area contributed by atoms with Crippen LogP contribution in [0.25, 0.3) is 11.0 Å². The number of aromatic nitrogens is 3. The molecule has 2 heterocycles. The molecular weight excluding hydrogens is 318 g/mol. The highest BCUT2D eigenvalue weighted by Crippen LogP contribution is 2.15. The van der Waals surface area contributed by atoms with Gasteiger partial charge in [-0.1, -0.05) is 12.1 Å². The predicted octanol–water partition coefficient (Wildman–Crippen LogP) is 3.03. The lowest BCUT2D eigenvalue weighted by atomic mass is 10.2. The van der Waals surface area contributed by atoms with E-state index < -0.39 is 0 Å². The number of hydrogen-bond donors (Lipinski definition) is 0. The number of rotatable bonds is 3. The average Bonchev–Trinajstić information content (AvgIpc) is 2.72. The normalized spacial score (nSPS) is 11.1. The third kappa shape index (κ3) is 2.18. The van der Waals surface area contributed by atoms with Crippen LogP contribution in [-0.2, 0) is 13.1 Å². The summed E-state index contributed by atoms with van der Waals surface area (Å²) in [6.45, 7) is 3.18. The third-order valence-electron chi connectivity index (χ3n) is 3.34. The van der Waals surface area contributed by atoms with E-state index in [1.54, 1.807) is 21.5 Å². The highest BCUT2D eigenvalue weighted by atomic mass is 79.9. The summed E-state index contributed by atoms with van der Waals surface area (Å²) in [6, 6.07) is 9.86. The van der Waals surface area contributed by atoms with Gasteiger partial charge in [0.15, 0.2) is 0 Å². The van der Waals surface area contributed by atoms with E-state index in [1.807, 2.05) is 37.3 Å². The van der Waals surface area contributed by atoms with Crippen LogP contribution in [0.3, 0.4) is 0 Å². The standard InChI is InChI=1S/C15H14BrN3O/c1-2-18-13-5-3-4-6-14(13)19(15(18)20)10-11-7-12(16)9-17-8-11/h3-9H,2,10H2,1H3. The lowest BCUT2D eigenvalue weighted by Gasteiger charge is -2.03. The summed E-state index contributed by atoms with van der Waals surface area (Å²) in [5.74, 6) is 0. The Morgan fingerprint density at radius 3 is 2.50 bits per heavy atom. The molecule has 0 fully saturated rings. The first-order valence-corrected chi connectivity index (χ1v) is 7.27. The van der Waals surface area contributed by atoms with Crippen LogP contribution in [0.4, 0.5) is 0 Å². The molecule has 0 unspecified atom stereocenters. The van der Waals surface area contributed by atoms with Gasteiger partial charge in [-0.15, -0.1) is 0 Å². The molecule has 20 heavy (non-hydrogen) atoms. The van der Waals surface area contributed by atoms with E-state index in [2.05, 4.69) is 20.9 Å². The minimum absolute atomic E-state index is 0.0219. The Morgan fingerprint density at radius 1 is 1.15 bits per heavy atom. The summed E-state index contributed by atoms with van der Waals surface area (Å²) in [7, 11) is 0. The molecule has 0 N–H and O–H groups in total. The summed E-state index contributed by atoms with van der Waals surface area (Å²) in [6.07, 6.45) is 3.52. The minimum atomic E-state index is 0.0219. The largest absolute Gasteiger partial charge is 0.329 e. The first-order chi connectivity index (χ1) is 9.70. The zero-order chi connectivity index (χ0) is 14.1. The van der Waals surface area contributed by atoms with Crippen molar-refractivity contribution in [3.63, 3.8) is 0 Å². The van der Waals surface area contributed by atoms with E-state index in [0.29, 0.717) is 13.1 Å². The molecule has 2 aromatic heterocycles. The van der Waals surface area contributed by atoms with Crippen LogP contribution in [0.15, 0.2) is 52.0 Å². The van der Waals surface area contributed by atoms with Crippen molar-refractivity contribution < 1.29 is 0 Å². The Morgan fingerprint density at radius 2 is 1.85 bits per heavy atom. The number of imidazole rings is 1. The maximum atomic E-state index is 12.5. The fraction of sp³-hybridized carbons (Fsp3) is 0.200. The molecule has 1 aromatic carbocycles. The zero-order valence-corrected chi connectivity index (χ0v) is 12.7.